The summed E-state index contributed by atoms with van der Waals surface area (Å²) in [6.07, 6.45) is 3.67. The van der Waals surface area contributed by atoms with Crippen molar-refractivity contribution in [1.82, 2.24) is 0 Å². The van der Waals surface area contributed by atoms with Gasteiger partial charge < -0.3 is 5.73 Å². The molecule has 88 valence electrons. The van der Waals surface area contributed by atoms with Crippen LogP contribution in [0.1, 0.15) is 37.7 Å². The van der Waals surface area contributed by atoms with E-state index in [2.05, 4.69) is 0 Å². The van der Waals surface area contributed by atoms with Gasteiger partial charge in [-0.1, -0.05) is 19.3 Å². The second-order valence-electron chi connectivity index (χ2n) is 4.43. The molecule has 1 nitrogen and oxygen atoms in total. The molecule has 2 rings (SSSR count). The van der Waals surface area contributed by atoms with Crippen LogP contribution in [0, 0.1) is 17.5 Å². The third kappa shape index (κ3) is 1.82. The fraction of sp³-hybridized carbons (Fsp3) is 0.500. The highest BCUT2D eigenvalue weighted by Crippen LogP contribution is 2.37. The highest BCUT2D eigenvalue weighted by molar-refractivity contribution is 5.29. The highest BCUT2D eigenvalue weighted by Gasteiger charge is 2.35. The van der Waals surface area contributed by atoms with Gasteiger partial charge in [-0.05, 0) is 25.0 Å². The number of benzene rings is 1. The van der Waals surface area contributed by atoms with Crippen LogP contribution in [0.15, 0.2) is 12.1 Å². The Labute approximate surface area is 92.5 Å². The first-order chi connectivity index (χ1) is 7.54. The van der Waals surface area contributed by atoms with E-state index in [4.69, 9.17) is 5.73 Å². The fourth-order valence-electron chi connectivity index (χ4n) is 2.42. The summed E-state index contributed by atoms with van der Waals surface area (Å²) < 4.78 is 40.3. The smallest absolute Gasteiger partial charge is 0.166 e. The molecule has 0 bridgehead atoms. The van der Waals surface area contributed by atoms with Crippen LogP contribution >= 0.6 is 0 Å². The highest BCUT2D eigenvalue weighted by atomic mass is 19.2. The summed E-state index contributed by atoms with van der Waals surface area (Å²) in [7, 11) is 0. The maximum Gasteiger partial charge on any atom is 0.166 e. The molecule has 2 N–H and O–H groups in total. The quantitative estimate of drug-likeness (QED) is 0.735. The summed E-state index contributed by atoms with van der Waals surface area (Å²) in [5, 5.41) is 0. The van der Waals surface area contributed by atoms with Gasteiger partial charge in [-0.2, -0.15) is 0 Å². The van der Waals surface area contributed by atoms with E-state index in [0.29, 0.717) is 12.8 Å². The second kappa shape index (κ2) is 4.09. The standard InChI is InChI=1S/C12H14F3N/c13-8-4-5-9(14)11(15)10(8)12(16)6-2-1-3-7-12/h4-5H,1-3,6-7,16H2. The van der Waals surface area contributed by atoms with Crippen molar-refractivity contribution in [3.8, 4) is 0 Å². The topological polar surface area (TPSA) is 26.0 Å². The van der Waals surface area contributed by atoms with Gasteiger partial charge in [0.2, 0.25) is 0 Å². The maximum absolute atomic E-state index is 13.6. The minimum atomic E-state index is -1.13. The third-order valence-corrected chi connectivity index (χ3v) is 3.29. The Morgan fingerprint density at radius 3 is 2.12 bits per heavy atom. The number of rotatable bonds is 1. The molecular weight excluding hydrogens is 215 g/mol. The molecule has 0 atom stereocenters. The fourth-order valence-corrected chi connectivity index (χ4v) is 2.42. The predicted octanol–water partition coefficient (Wildman–Crippen LogP) is 3.22. The van der Waals surface area contributed by atoms with Gasteiger partial charge in [0, 0.05) is 11.1 Å². The van der Waals surface area contributed by atoms with Crippen LogP contribution in [-0.2, 0) is 5.54 Å². The van der Waals surface area contributed by atoms with Gasteiger partial charge in [-0.25, -0.2) is 13.2 Å². The number of nitrogens with two attached hydrogens (primary N) is 1. The summed E-state index contributed by atoms with van der Waals surface area (Å²) >= 11 is 0. The van der Waals surface area contributed by atoms with E-state index >= 15 is 0 Å². The molecule has 0 heterocycles. The minimum Gasteiger partial charge on any atom is -0.321 e. The van der Waals surface area contributed by atoms with Crippen molar-refractivity contribution in [2.24, 2.45) is 5.73 Å². The summed E-state index contributed by atoms with van der Waals surface area (Å²) in [6, 6.07) is 1.73. The first-order valence-electron chi connectivity index (χ1n) is 5.47. The number of hydrogen-bond donors (Lipinski definition) is 1. The normalized spacial score (nSPS) is 19.8. The Morgan fingerprint density at radius 2 is 1.50 bits per heavy atom. The summed E-state index contributed by atoms with van der Waals surface area (Å²) in [6.45, 7) is 0. The van der Waals surface area contributed by atoms with Crippen LogP contribution in [0.2, 0.25) is 0 Å². The average molecular weight is 229 g/mol. The summed E-state index contributed by atoms with van der Waals surface area (Å²) in [5.41, 5.74) is 4.67. The Balaban J connectivity index is 2.49. The summed E-state index contributed by atoms with van der Waals surface area (Å²) in [5.74, 6) is -2.92. The SMILES string of the molecule is NC1(c2c(F)ccc(F)c2F)CCCCC1. The van der Waals surface area contributed by atoms with E-state index < -0.39 is 23.0 Å². The largest absolute Gasteiger partial charge is 0.321 e. The zero-order valence-electron chi connectivity index (χ0n) is 8.90. The number of hydrogen-bond acceptors (Lipinski definition) is 1. The van der Waals surface area contributed by atoms with E-state index in [1.54, 1.807) is 0 Å². The molecule has 0 unspecified atom stereocenters. The molecule has 1 fully saturated rings. The molecule has 0 spiro atoms. The van der Waals surface area contributed by atoms with Crippen molar-refractivity contribution in [3.05, 3.63) is 35.1 Å². The molecule has 1 aliphatic rings. The Hall–Kier alpha value is -1.03. The van der Waals surface area contributed by atoms with Crippen molar-refractivity contribution in [1.29, 1.82) is 0 Å². The monoisotopic (exact) mass is 229 g/mol. The molecule has 0 radical (unpaired) electrons. The Kier molecular flexibility index (Phi) is 2.93. The van der Waals surface area contributed by atoms with Crippen LogP contribution in [0.5, 0.6) is 0 Å². The lowest BCUT2D eigenvalue weighted by atomic mass is 9.77. The molecular formula is C12H14F3N. The van der Waals surface area contributed by atoms with Crippen molar-refractivity contribution < 1.29 is 13.2 Å². The Bertz CT molecular complexity index is 397. The van der Waals surface area contributed by atoms with Crippen molar-refractivity contribution in [2.45, 2.75) is 37.6 Å². The molecule has 16 heavy (non-hydrogen) atoms. The maximum atomic E-state index is 13.6. The third-order valence-electron chi connectivity index (χ3n) is 3.29. The van der Waals surface area contributed by atoms with Gasteiger partial charge in [-0.3, -0.25) is 0 Å². The molecule has 0 saturated heterocycles. The van der Waals surface area contributed by atoms with Gasteiger partial charge >= 0.3 is 0 Å². The molecule has 1 aliphatic carbocycles. The molecule has 1 aromatic rings. The molecule has 0 aromatic heterocycles. The average Bonchev–Trinajstić information content (AvgIpc) is 2.25. The Morgan fingerprint density at radius 1 is 0.938 bits per heavy atom. The van der Waals surface area contributed by atoms with Gasteiger partial charge in [-0.15, -0.1) is 0 Å². The molecule has 1 aromatic carbocycles. The minimum absolute atomic E-state index is 0.285. The van der Waals surface area contributed by atoms with Gasteiger partial charge in [0.25, 0.3) is 0 Å². The van der Waals surface area contributed by atoms with Crippen LogP contribution in [0.25, 0.3) is 0 Å². The lowest BCUT2D eigenvalue weighted by Crippen LogP contribution is -2.40. The second-order valence-corrected chi connectivity index (χ2v) is 4.43. The van der Waals surface area contributed by atoms with Gasteiger partial charge in [0.05, 0.1) is 0 Å². The van der Waals surface area contributed by atoms with Crippen LogP contribution in [-0.4, -0.2) is 0 Å². The molecule has 0 aliphatic heterocycles. The van der Waals surface area contributed by atoms with Gasteiger partial charge in [0.15, 0.2) is 11.6 Å². The number of halogens is 3. The molecule has 4 heteroatoms. The van der Waals surface area contributed by atoms with E-state index in [1.807, 2.05) is 0 Å². The molecule has 1 saturated carbocycles. The van der Waals surface area contributed by atoms with Crippen LogP contribution in [0.3, 0.4) is 0 Å². The van der Waals surface area contributed by atoms with Crippen molar-refractivity contribution in [2.75, 3.05) is 0 Å². The molecule has 0 amide bonds. The first kappa shape index (κ1) is 11.5. The lowest BCUT2D eigenvalue weighted by Gasteiger charge is -2.34. The van der Waals surface area contributed by atoms with Crippen LogP contribution in [0.4, 0.5) is 13.2 Å². The van der Waals surface area contributed by atoms with E-state index in [1.165, 1.54) is 0 Å². The zero-order valence-corrected chi connectivity index (χ0v) is 8.90. The van der Waals surface area contributed by atoms with E-state index in [0.717, 1.165) is 31.4 Å². The van der Waals surface area contributed by atoms with E-state index in [9.17, 15) is 13.2 Å². The summed E-state index contributed by atoms with van der Waals surface area (Å²) in [4.78, 5) is 0. The van der Waals surface area contributed by atoms with Crippen LogP contribution < -0.4 is 5.73 Å². The van der Waals surface area contributed by atoms with E-state index in [-0.39, 0.29) is 5.56 Å². The predicted molar refractivity (Wildman–Crippen MR) is 55.3 cm³/mol. The zero-order chi connectivity index (χ0) is 11.8. The van der Waals surface area contributed by atoms with Gasteiger partial charge in [0.1, 0.15) is 5.82 Å². The lowest BCUT2D eigenvalue weighted by molar-refractivity contribution is 0.278. The van der Waals surface area contributed by atoms with Crippen molar-refractivity contribution >= 4 is 0 Å². The van der Waals surface area contributed by atoms with Crippen molar-refractivity contribution in [3.63, 3.8) is 0 Å². The first-order valence-corrected chi connectivity index (χ1v) is 5.47.